The Balaban J connectivity index is 2.11. The van der Waals surface area contributed by atoms with Crippen LogP contribution in [0.2, 0.25) is 0 Å². The van der Waals surface area contributed by atoms with E-state index < -0.39 is 5.97 Å². The van der Waals surface area contributed by atoms with Crippen molar-refractivity contribution in [2.24, 2.45) is 0 Å². The smallest absolute Gasteiger partial charge is 0.305 e. The summed E-state index contributed by atoms with van der Waals surface area (Å²) in [4.78, 5) is 13.5. The highest BCUT2D eigenvalue weighted by Crippen LogP contribution is 2.36. The summed E-state index contributed by atoms with van der Waals surface area (Å²) in [5.41, 5.74) is 2.36. The minimum atomic E-state index is -0.678. The van der Waals surface area contributed by atoms with Gasteiger partial charge in [-0.1, -0.05) is 49.1 Å². The van der Waals surface area contributed by atoms with Gasteiger partial charge in [-0.2, -0.15) is 0 Å². The molecule has 0 spiro atoms. The van der Waals surface area contributed by atoms with E-state index in [1.807, 2.05) is 0 Å². The van der Waals surface area contributed by atoms with Crippen LogP contribution < -0.4 is 0 Å². The van der Waals surface area contributed by atoms with Crippen LogP contribution >= 0.6 is 0 Å². The fourth-order valence-corrected chi connectivity index (χ4v) is 3.32. The maximum atomic E-state index is 11.2. The number of aliphatic carboxylic acids is 1. The molecule has 0 unspecified atom stereocenters. The Morgan fingerprint density at radius 1 is 1.20 bits per heavy atom. The summed E-state index contributed by atoms with van der Waals surface area (Å²) >= 11 is 0. The molecular weight excluding hydrogens is 250 g/mol. The number of hydrogen-bond donors (Lipinski definition) is 1. The topological polar surface area (TPSA) is 40.5 Å². The summed E-state index contributed by atoms with van der Waals surface area (Å²) in [7, 11) is 2.08. The second kappa shape index (κ2) is 6.40. The van der Waals surface area contributed by atoms with Crippen LogP contribution in [0, 0.1) is 6.92 Å². The van der Waals surface area contributed by atoms with Crippen molar-refractivity contribution in [3.63, 3.8) is 0 Å². The zero-order chi connectivity index (χ0) is 14.6. The van der Waals surface area contributed by atoms with Crippen molar-refractivity contribution in [2.45, 2.75) is 57.5 Å². The van der Waals surface area contributed by atoms with E-state index in [0.717, 1.165) is 32.2 Å². The first-order valence-corrected chi connectivity index (χ1v) is 7.50. The molecule has 1 N–H and O–H groups in total. The second-order valence-corrected chi connectivity index (χ2v) is 6.20. The van der Waals surface area contributed by atoms with E-state index in [2.05, 4.69) is 43.1 Å². The van der Waals surface area contributed by atoms with Crippen molar-refractivity contribution in [2.75, 3.05) is 7.05 Å². The summed E-state index contributed by atoms with van der Waals surface area (Å²) in [6.45, 7) is 2.91. The van der Waals surface area contributed by atoms with E-state index in [-0.39, 0.29) is 12.0 Å². The van der Waals surface area contributed by atoms with Gasteiger partial charge in [0.1, 0.15) is 0 Å². The molecule has 1 aromatic carbocycles. The standard InChI is InChI=1S/C17H25NO2/c1-14-6-8-15(9-7-14)13-18(2)17(12-16(19)20)10-4-3-5-11-17/h6-9H,3-5,10-13H2,1-2H3,(H,19,20). The quantitative estimate of drug-likeness (QED) is 0.892. The fraction of sp³-hybridized carbons (Fsp3) is 0.588. The molecule has 110 valence electrons. The van der Waals surface area contributed by atoms with Crippen molar-refractivity contribution < 1.29 is 9.90 Å². The summed E-state index contributed by atoms with van der Waals surface area (Å²) in [5.74, 6) is -0.678. The van der Waals surface area contributed by atoms with Crippen LogP contribution in [0.3, 0.4) is 0 Å². The van der Waals surface area contributed by atoms with Gasteiger partial charge >= 0.3 is 5.97 Å². The summed E-state index contributed by atoms with van der Waals surface area (Å²) in [6, 6.07) is 8.52. The van der Waals surface area contributed by atoms with Gasteiger partial charge < -0.3 is 5.11 Å². The van der Waals surface area contributed by atoms with E-state index in [1.165, 1.54) is 17.5 Å². The van der Waals surface area contributed by atoms with Crippen LogP contribution in [0.5, 0.6) is 0 Å². The summed E-state index contributed by atoms with van der Waals surface area (Å²) in [6.07, 6.45) is 5.79. The van der Waals surface area contributed by atoms with Crippen molar-refractivity contribution in [1.82, 2.24) is 4.90 Å². The van der Waals surface area contributed by atoms with Crippen LogP contribution in [-0.2, 0) is 11.3 Å². The molecule has 1 saturated carbocycles. The van der Waals surface area contributed by atoms with Crippen molar-refractivity contribution in [1.29, 1.82) is 0 Å². The maximum absolute atomic E-state index is 11.2. The lowest BCUT2D eigenvalue weighted by molar-refractivity contribution is -0.141. The number of carboxylic acids is 1. The molecule has 20 heavy (non-hydrogen) atoms. The molecular formula is C17H25NO2. The Labute approximate surface area is 121 Å². The van der Waals surface area contributed by atoms with Crippen molar-refractivity contribution >= 4 is 5.97 Å². The summed E-state index contributed by atoms with van der Waals surface area (Å²) < 4.78 is 0. The number of rotatable bonds is 5. The maximum Gasteiger partial charge on any atom is 0.305 e. The Bertz CT molecular complexity index is 447. The third kappa shape index (κ3) is 3.60. The molecule has 0 bridgehead atoms. The lowest BCUT2D eigenvalue weighted by Crippen LogP contribution is -2.49. The molecule has 1 aromatic rings. The molecule has 0 saturated heterocycles. The number of nitrogens with zero attached hydrogens (tertiary/aromatic N) is 1. The first-order chi connectivity index (χ1) is 9.52. The Morgan fingerprint density at radius 3 is 2.35 bits per heavy atom. The number of carbonyl (C=O) groups is 1. The average molecular weight is 275 g/mol. The third-order valence-electron chi connectivity index (χ3n) is 4.61. The Kier molecular flexibility index (Phi) is 4.81. The minimum absolute atomic E-state index is 0.158. The molecule has 1 fully saturated rings. The second-order valence-electron chi connectivity index (χ2n) is 6.20. The molecule has 3 heteroatoms. The van der Waals surface area contributed by atoms with Gasteiger partial charge in [0.05, 0.1) is 6.42 Å². The zero-order valence-corrected chi connectivity index (χ0v) is 12.6. The molecule has 3 nitrogen and oxygen atoms in total. The van der Waals surface area contributed by atoms with Crippen molar-refractivity contribution in [3.05, 3.63) is 35.4 Å². The normalized spacial score (nSPS) is 18.1. The first kappa shape index (κ1) is 15.0. The average Bonchev–Trinajstić information content (AvgIpc) is 2.41. The van der Waals surface area contributed by atoms with E-state index in [1.54, 1.807) is 0 Å². The highest BCUT2D eigenvalue weighted by atomic mass is 16.4. The molecule has 0 radical (unpaired) electrons. The monoisotopic (exact) mass is 275 g/mol. The molecule has 0 heterocycles. The van der Waals surface area contributed by atoms with Crippen LogP contribution in [0.1, 0.15) is 49.7 Å². The number of hydrogen-bond acceptors (Lipinski definition) is 2. The van der Waals surface area contributed by atoms with E-state index in [9.17, 15) is 9.90 Å². The van der Waals surface area contributed by atoms with Crippen molar-refractivity contribution in [3.8, 4) is 0 Å². The van der Waals surface area contributed by atoms with E-state index in [4.69, 9.17) is 0 Å². The highest BCUT2D eigenvalue weighted by molar-refractivity contribution is 5.68. The predicted molar refractivity (Wildman–Crippen MR) is 80.7 cm³/mol. The minimum Gasteiger partial charge on any atom is -0.481 e. The predicted octanol–water partition coefficient (Wildman–Crippen LogP) is 3.60. The number of aryl methyl sites for hydroxylation is 1. The molecule has 2 rings (SSSR count). The third-order valence-corrected chi connectivity index (χ3v) is 4.61. The van der Waals surface area contributed by atoms with Gasteiger partial charge in [-0.25, -0.2) is 0 Å². The van der Waals surface area contributed by atoms with Gasteiger partial charge in [-0.05, 0) is 32.4 Å². The van der Waals surface area contributed by atoms with Gasteiger partial charge in [0.2, 0.25) is 0 Å². The van der Waals surface area contributed by atoms with Gasteiger partial charge in [0.25, 0.3) is 0 Å². The largest absolute Gasteiger partial charge is 0.481 e. The van der Waals surface area contributed by atoms with Gasteiger partial charge in [0.15, 0.2) is 0 Å². The van der Waals surface area contributed by atoms with Gasteiger partial charge in [-0.3, -0.25) is 9.69 Å². The first-order valence-electron chi connectivity index (χ1n) is 7.50. The molecule has 0 aromatic heterocycles. The molecule has 1 aliphatic carbocycles. The number of carboxylic acid groups (broad SMARTS) is 1. The SMILES string of the molecule is Cc1ccc(CN(C)C2(CC(=O)O)CCCCC2)cc1. The molecule has 0 atom stereocenters. The Hall–Kier alpha value is -1.35. The van der Waals surface area contributed by atoms with Crippen LogP contribution in [0.25, 0.3) is 0 Å². The number of benzene rings is 1. The highest BCUT2D eigenvalue weighted by Gasteiger charge is 2.37. The van der Waals surface area contributed by atoms with E-state index in [0.29, 0.717) is 0 Å². The molecule has 0 aliphatic heterocycles. The summed E-state index contributed by atoms with van der Waals surface area (Å²) in [5, 5.41) is 9.26. The molecule has 0 amide bonds. The Morgan fingerprint density at radius 2 is 1.80 bits per heavy atom. The van der Waals surface area contributed by atoms with Crippen LogP contribution in [0.4, 0.5) is 0 Å². The van der Waals surface area contributed by atoms with Gasteiger partial charge in [0, 0.05) is 12.1 Å². The van der Waals surface area contributed by atoms with E-state index >= 15 is 0 Å². The van der Waals surface area contributed by atoms with Crippen LogP contribution in [0.15, 0.2) is 24.3 Å². The zero-order valence-electron chi connectivity index (χ0n) is 12.6. The fourth-order valence-electron chi connectivity index (χ4n) is 3.32. The lowest BCUT2D eigenvalue weighted by Gasteiger charge is -2.44. The lowest BCUT2D eigenvalue weighted by atomic mass is 9.78. The van der Waals surface area contributed by atoms with Gasteiger partial charge in [-0.15, -0.1) is 0 Å². The molecule has 1 aliphatic rings. The van der Waals surface area contributed by atoms with Crippen LogP contribution in [-0.4, -0.2) is 28.6 Å².